The van der Waals surface area contributed by atoms with E-state index in [4.69, 9.17) is 0 Å². The molecule has 0 fully saturated rings. The van der Waals surface area contributed by atoms with Gasteiger partial charge in [0, 0.05) is 17.8 Å². The zero-order valence-electron chi connectivity index (χ0n) is 17.4. The number of aliphatic hydroxyl groups is 1. The topological polar surface area (TPSA) is 95.5 Å². The van der Waals surface area contributed by atoms with E-state index in [1.165, 1.54) is 36.4 Å². The van der Waals surface area contributed by atoms with Gasteiger partial charge in [0.05, 0.1) is 16.6 Å². The number of amides is 1. The third-order valence-corrected chi connectivity index (χ3v) is 6.14. The van der Waals surface area contributed by atoms with Crippen molar-refractivity contribution in [1.82, 2.24) is 5.32 Å². The van der Waals surface area contributed by atoms with Gasteiger partial charge in [-0.25, -0.2) is 8.42 Å². The maximum absolute atomic E-state index is 12.9. The van der Waals surface area contributed by atoms with Crippen LogP contribution < -0.4 is 10.0 Å². The Kier molecular flexibility index (Phi) is 7.09. The van der Waals surface area contributed by atoms with E-state index in [9.17, 15) is 31.5 Å². The lowest BCUT2D eigenvalue weighted by Crippen LogP contribution is -2.28. The van der Waals surface area contributed by atoms with E-state index >= 15 is 0 Å². The molecular weight excluding hydrogens is 457 g/mol. The van der Waals surface area contributed by atoms with E-state index < -0.39 is 33.8 Å². The lowest BCUT2D eigenvalue weighted by molar-refractivity contribution is -0.137. The first kappa shape index (κ1) is 24.3. The molecule has 3 aromatic rings. The summed E-state index contributed by atoms with van der Waals surface area (Å²) >= 11 is 0. The van der Waals surface area contributed by atoms with Gasteiger partial charge in [-0.3, -0.25) is 9.52 Å². The van der Waals surface area contributed by atoms with E-state index in [1.54, 1.807) is 24.3 Å². The quantitative estimate of drug-likeness (QED) is 0.473. The van der Waals surface area contributed by atoms with Crippen molar-refractivity contribution >= 4 is 21.6 Å². The molecule has 0 saturated heterocycles. The van der Waals surface area contributed by atoms with Crippen molar-refractivity contribution in [1.29, 1.82) is 0 Å². The average Bonchev–Trinajstić information content (AvgIpc) is 2.78. The Hall–Kier alpha value is -3.37. The second kappa shape index (κ2) is 9.63. The smallest absolute Gasteiger partial charge is 0.387 e. The predicted molar refractivity (Wildman–Crippen MR) is 117 cm³/mol. The number of aryl methyl sites for hydroxylation is 1. The number of aliphatic hydroxyl groups excluding tert-OH is 1. The Morgan fingerprint density at radius 3 is 2.33 bits per heavy atom. The minimum Gasteiger partial charge on any atom is -0.387 e. The summed E-state index contributed by atoms with van der Waals surface area (Å²) in [5.41, 5.74) is 0.412. The highest BCUT2D eigenvalue weighted by Gasteiger charge is 2.30. The Morgan fingerprint density at radius 2 is 1.67 bits per heavy atom. The number of sulfonamides is 1. The average molecular weight is 478 g/mol. The molecule has 3 rings (SSSR count). The molecule has 3 aromatic carbocycles. The van der Waals surface area contributed by atoms with E-state index in [2.05, 4.69) is 10.0 Å². The summed E-state index contributed by atoms with van der Waals surface area (Å²) in [5.74, 6) is -0.687. The first-order chi connectivity index (χ1) is 15.5. The highest BCUT2D eigenvalue weighted by atomic mass is 32.2. The molecule has 3 N–H and O–H groups in total. The lowest BCUT2D eigenvalue weighted by atomic mass is 10.1. The molecule has 0 radical (unpaired) electrons. The summed E-state index contributed by atoms with van der Waals surface area (Å²) in [6, 6.07) is 16.2. The van der Waals surface area contributed by atoms with Gasteiger partial charge in [-0.1, -0.05) is 35.9 Å². The highest BCUT2D eigenvalue weighted by molar-refractivity contribution is 7.92. The molecule has 0 aliphatic carbocycles. The van der Waals surface area contributed by atoms with Gasteiger partial charge in [-0.05, 0) is 55.0 Å². The van der Waals surface area contributed by atoms with Gasteiger partial charge >= 0.3 is 6.18 Å². The van der Waals surface area contributed by atoms with Crippen molar-refractivity contribution in [2.75, 3.05) is 11.3 Å². The van der Waals surface area contributed by atoms with E-state index in [1.807, 2.05) is 6.92 Å². The third kappa shape index (κ3) is 6.33. The molecule has 0 saturated carbocycles. The number of anilines is 1. The minimum absolute atomic E-state index is 0.0104. The second-order valence-corrected chi connectivity index (χ2v) is 9.03. The van der Waals surface area contributed by atoms with Gasteiger partial charge in [-0.2, -0.15) is 13.2 Å². The zero-order valence-corrected chi connectivity index (χ0v) is 18.2. The van der Waals surface area contributed by atoms with Crippen molar-refractivity contribution < 1.29 is 31.5 Å². The largest absolute Gasteiger partial charge is 0.416 e. The number of nitrogens with one attached hydrogen (secondary N) is 2. The van der Waals surface area contributed by atoms with E-state index in [-0.39, 0.29) is 22.6 Å². The maximum atomic E-state index is 12.9. The van der Waals surface area contributed by atoms with Gasteiger partial charge in [0.15, 0.2) is 0 Å². The number of rotatable bonds is 7. The number of carbonyl (C=O) groups is 1. The molecule has 1 amide bonds. The first-order valence-corrected chi connectivity index (χ1v) is 11.3. The van der Waals surface area contributed by atoms with Crippen LogP contribution in [0.25, 0.3) is 0 Å². The molecule has 1 unspecified atom stereocenters. The third-order valence-electron chi connectivity index (χ3n) is 4.77. The summed E-state index contributed by atoms with van der Waals surface area (Å²) < 4.78 is 66.3. The summed E-state index contributed by atoms with van der Waals surface area (Å²) in [6.07, 6.45) is -5.94. The normalized spacial score (nSPS) is 12.8. The van der Waals surface area contributed by atoms with Crippen molar-refractivity contribution in [2.45, 2.75) is 24.1 Å². The van der Waals surface area contributed by atoms with Crippen LogP contribution in [-0.2, 0) is 16.2 Å². The van der Waals surface area contributed by atoms with Crippen LogP contribution in [0.5, 0.6) is 0 Å². The molecule has 0 spiro atoms. The second-order valence-electron chi connectivity index (χ2n) is 7.35. The molecular formula is C23H21F3N2O4S. The Balaban J connectivity index is 1.69. The standard InChI is InChI=1S/C23H21F3N2O4S/c1-15-8-10-19(11-9-15)28-33(31,32)20-7-3-5-17(13-20)22(30)27-14-21(29)16-4-2-6-18(12-16)23(24,25)26/h2-13,21,28-29H,14H2,1H3,(H,27,30). The van der Waals surface area contributed by atoms with Gasteiger partial charge in [0.1, 0.15) is 0 Å². The van der Waals surface area contributed by atoms with Crippen molar-refractivity contribution in [3.63, 3.8) is 0 Å². The molecule has 6 nitrogen and oxygen atoms in total. The summed E-state index contributed by atoms with van der Waals surface area (Å²) in [7, 11) is -3.96. The summed E-state index contributed by atoms with van der Waals surface area (Å²) in [6.45, 7) is 1.50. The number of benzene rings is 3. The summed E-state index contributed by atoms with van der Waals surface area (Å²) in [5, 5.41) is 12.6. The Labute approximate surface area is 189 Å². The van der Waals surface area contributed by atoms with Gasteiger partial charge in [0.2, 0.25) is 0 Å². The molecule has 0 aliphatic rings. The van der Waals surface area contributed by atoms with Crippen LogP contribution in [0.3, 0.4) is 0 Å². The van der Waals surface area contributed by atoms with E-state index in [0.717, 1.165) is 17.7 Å². The minimum atomic E-state index is -4.56. The molecule has 0 aromatic heterocycles. The summed E-state index contributed by atoms with van der Waals surface area (Å²) in [4.78, 5) is 12.3. The van der Waals surface area contributed by atoms with Crippen LogP contribution in [0.4, 0.5) is 18.9 Å². The molecule has 0 bridgehead atoms. The fourth-order valence-electron chi connectivity index (χ4n) is 2.97. The molecule has 33 heavy (non-hydrogen) atoms. The number of halogens is 3. The first-order valence-electron chi connectivity index (χ1n) is 9.79. The molecule has 10 heteroatoms. The van der Waals surface area contributed by atoms with Crippen LogP contribution in [0.15, 0.2) is 77.7 Å². The highest BCUT2D eigenvalue weighted by Crippen LogP contribution is 2.30. The predicted octanol–water partition coefficient (Wildman–Crippen LogP) is 4.28. The van der Waals surface area contributed by atoms with Gasteiger partial charge in [-0.15, -0.1) is 0 Å². The number of hydrogen-bond donors (Lipinski definition) is 3. The monoisotopic (exact) mass is 478 g/mol. The van der Waals surface area contributed by atoms with Crippen LogP contribution in [0.2, 0.25) is 0 Å². The van der Waals surface area contributed by atoms with Crippen molar-refractivity contribution in [3.05, 3.63) is 95.1 Å². The zero-order chi connectivity index (χ0) is 24.2. The van der Waals surface area contributed by atoms with Crippen LogP contribution in [-0.4, -0.2) is 26.0 Å². The Morgan fingerprint density at radius 1 is 1.00 bits per heavy atom. The Bertz CT molecular complexity index is 1240. The van der Waals surface area contributed by atoms with Crippen LogP contribution in [0.1, 0.15) is 33.2 Å². The van der Waals surface area contributed by atoms with Gasteiger partial charge < -0.3 is 10.4 Å². The fourth-order valence-corrected chi connectivity index (χ4v) is 4.08. The van der Waals surface area contributed by atoms with Crippen molar-refractivity contribution in [2.24, 2.45) is 0 Å². The molecule has 0 heterocycles. The van der Waals surface area contributed by atoms with Crippen LogP contribution >= 0.6 is 0 Å². The van der Waals surface area contributed by atoms with Crippen LogP contribution in [0, 0.1) is 6.92 Å². The number of alkyl halides is 3. The SMILES string of the molecule is Cc1ccc(NS(=O)(=O)c2cccc(C(=O)NCC(O)c3cccc(C(F)(F)F)c3)c2)cc1. The molecule has 174 valence electrons. The maximum Gasteiger partial charge on any atom is 0.416 e. The number of hydrogen-bond acceptors (Lipinski definition) is 4. The number of carbonyl (C=O) groups excluding carboxylic acids is 1. The fraction of sp³-hybridized carbons (Fsp3) is 0.174. The van der Waals surface area contributed by atoms with Crippen molar-refractivity contribution in [3.8, 4) is 0 Å². The van der Waals surface area contributed by atoms with Gasteiger partial charge in [0.25, 0.3) is 15.9 Å². The molecule has 1 atom stereocenters. The lowest BCUT2D eigenvalue weighted by Gasteiger charge is -2.15. The van der Waals surface area contributed by atoms with E-state index in [0.29, 0.717) is 5.69 Å². The molecule has 0 aliphatic heterocycles.